The van der Waals surface area contributed by atoms with Crippen LogP contribution < -0.4 is 14.6 Å². The van der Waals surface area contributed by atoms with E-state index in [-0.39, 0.29) is 17.0 Å². The molecule has 7 heteroatoms. The molecule has 3 aromatic rings. The Kier molecular flexibility index (Phi) is 6.66. The van der Waals surface area contributed by atoms with E-state index in [9.17, 15) is 4.79 Å². The van der Waals surface area contributed by atoms with E-state index in [0.29, 0.717) is 17.1 Å². The van der Waals surface area contributed by atoms with Crippen LogP contribution in [-0.4, -0.2) is 26.0 Å². The number of aliphatic carboxylic acids is 1. The molecule has 0 radical (unpaired) electrons. The molecule has 0 saturated heterocycles. The first-order valence-electron chi connectivity index (χ1n) is 8.24. The summed E-state index contributed by atoms with van der Waals surface area (Å²) >= 11 is 0. The van der Waals surface area contributed by atoms with Crippen molar-refractivity contribution in [2.45, 2.75) is 6.92 Å². The van der Waals surface area contributed by atoms with Gasteiger partial charge in [-0.1, -0.05) is 36.4 Å². The molecule has 0 spiro atoms. The van der Waals surface area contributed by atoms with Gasteiger partial charge in [-0.3, -0.25) is 4.79 Å². The standard InChI is InChI=1S/C19H15N2O3.C2H4O2/c1-23-17-11-15(18(22)14-9-5-6-10-16(14)21-20)19(24-2)13-8-4-3-7-12(13)17;1-2(3)4/h3-11H,1-2H3;1H3,(H,3,4)/q+1;/p-1. The van der Waals surface area contributed by atoms with Crippen LogP contribution in [0.1, 0.15) is 22.8 Å². The number of ketones is 1. The monoisotopic (exact) mass is 378 g/mol. The number of carboxylic acids is 1. The molecule has 7 nitrogen and oxygen atoms in total. The van der Waals surface area contributed by atoms with Crippen LogP contribution in [0.25, 0.3) is 15.7 Å². The van der Waals surface area contributed by atoms with Crippen molar-refractivity contribution in [2.75, 3.05) is 14.2 Å². The lowest BCUT2D eigenvalue weighted by molar-refractivity contribution is -0.302. The number of nitrogens with zero attached hydrogens (tertiary/aromatic N) is 2. The lowest BCUT2D eigenvalue weighted by atomic mass is 9.97. The Morgan fingerprint density at radius 2 is 1.50 bits per heavy atom. The summed E-state index contributed by atoms with van der Waals surface area (Å²) in [6, 6.07) is 15.8. The zero-order valence-electron chi connectivity index (χ0n) is 15.6. The summed E-state index contributed by atoms with van der Waals surface area (Å²) in [6.45, 7) is 0.972. The molecule has 0 amide bonds. The molecule has 3 aromatic carbocycles. The van der Waals surface area contributed by atoms with Gasteiger partial charge in [0, 0.05) is 22.8 Å². The van der Waals surface area contributed by atoms with Crippen LogP contribution >= 0.6 is 0 Å². The summed E-state index contributed by atoms with van der Waals surface area (Å²) < 4.78 is 10.9. The Morgan fingerprint density at radius 1 is 0.929 bits per heavy atom. The van der Waals surface area contributed by atoms with Gasteiger partial charge in [-0.2, -0.15) is 0 Å². The third-order valence-electron chi connectivity index (χ3n) is 3.88. The van der Waals surface area contributed by atoms with E-state index in [2.05, 4.69) is 4.98 Å². The fourth-order valence-corrected chi connectivity index (χ4v) is 2.77. The number of hydrogen-bond acceptors (Lipinski definition) is 6. The molecular formula is C21H18N2O5. The Morgan fingerprint density at radius 3 is 2.07 bits per heavy atom. The van der Waals surface area contributed by atoms with Gasteiger partial charge in [0.15, 0.2) is 4.98 Å². The van der Waals surface area contributed by atoms with Crippen LogP contribution in [0.4, 0.5) is 5.69 Å². The number of carbonyl (C=O) groups is 2. The molecule has 0 unspecified atom stereocenters. The number of rotatable bonds is 4. The summed E-state index contributed by atoms with van der Waals surface area (Å²) in [5.74, 6) is -0.346. The zero-order valence-corrected chi connectivity index (χ0v) is 15.6. The molecule has 0 N–H and O–H groups in total. The van der Waals surface area contributed by atoms with E-state index >= 15 is 0 Å². The molecule has 0 aliphatic carbocycles. The van der Waals surface area contributed by atoms with E-state index in [0.717, 1.165) is 17.7 Å². The highest BCUT2D eigenvalue weighted by Crippen LogP contribution is 2.38. The molecule has 0 heterocycles. The molecule has 28 heavy (non-hydrogen) atoms. The van der Waals surface area contributed by atoms with E-state index in [1.54, 1.807) is 37.4 Å². The van der Waals surface area contributed by atoms with Crippen LogP contribution in [-0.2, 0) is 4.79 Å². The second-order valence-corrected chi connectivity index (χ2v) is 5.64. The second-order valence-electron chi connectivity index (χ2n) is 5.64. The molecule has 0 saturated carbocycles. The summed E-state index contributed by atoms with van der Waals surface area (Å²) in [4.78, 5) is 25.1. The predicted octanol–water partition coefficient (Wildman–Crippen LogP) is 3.33. The molecule has 0 aliphatic rings. The smallest absolute Gasteiger partial charge is 0.396 e. The van der Waals surface area contributed by atoms with Gasteiger partial charge in [0.1, 0.15) is 17.1 Å². The van der Waals surface area contributed by atoms with Crippen molar-refractivity contribution < 1.29 is 24.2 Å². The average Bonchev–Trinajstić information content (AvgIpc) is 2.71. The minimum Gasteiger partial charge on any atom is -0.550 e. The average molecular weight is 378 g/mol. The van der Waals surface area contributed by atoms with Crippen LogP contribution in [0.15, 0.2) is 54.6 Å². The van der Waals surface area contributed by atoms with Crippen molar-refractivity contribution >= 4 is 28.2 Å². The minimum atomic E-state index is -1.08. The highest BCUT2D eigenvalue weighted by Gasteiger charge is 2.25. The van der Waals surface area contributed by atoms with Crippen molar-refractivity contribution in [3.05, 3.63) is 70.7 Å². The highest BCUT2D eigenvalue weighted by atomic mass is 16.5. The molecule has 0 bridgehead atoms. The SMILES string of the molecule is CC(=O)[O-].COc1cc(C(=O)c2ccccc2[N+]#N)c(OC)c2ccccc12. The molecule has 0 aromatic heterocycles. The highest BCUT2D eigenvalue weighted by molar-refractivity contribution is 6.17. The molecule has 3 rings (SSSR count). The van der Waals surface area contributed by atoms with Gasteiger partial charge in [0.2, 0.25) is 11.2 Å². The molecule has 0 aliphatic heterocycles. The summed E-state index contributed by atoms with van der Waals surface area (Å²) in [6.07, 6.45) is 0. The normalized spacial score (nSPS) is 9.64. The van der Waals surface area contributed by atoms with Gasteiger partial charge in [-0.25, -0.2) is 0 Å². The third kappa shape index (κ3) is 4.24. The van der Waals surface area contributed by atoms with Crippen molar-refractivity contribution in [2.24, 2.45) is 0 Å². The zero-order chi connectivity index (χ0) is 20.7. The Bertz CT molecular complexity index is 1070. The fraction of sp³-hybridized carbons (Fsp3) is 0.143. The Hall–Kier alpha value is -3.92. The number of carboxylic acid groups (broad SMARTS) is 1. The fourth-order valence-electron chi connectivity index (χ4n) is 2.77. The van der Waals surface area contributed by atoms with Gasteiger partial charge in [0.25, 0.3) is 0 Å². The van der Waals surface area contributed by atoms with E-state index < -0.39 is 5.97 Å². The topological polar surface area (TPSA) is 104 Å². The van der Waals surface area contributed by atoms with Gasteiger partial charge in [-0.15, -0.1) is 0 Å². The lowest BCUT2D eigenvalue weighted by Gasteiger charge is -2.14. The van der Waals surface area contributed by atoms with Gasteiger partial charge in [0.05, 0.1) is 19.8 Å². The first-order valence-corrected chi connectivity index (χ1v) is 8.24. The number of benzene rings is 3. The maximum absolute atomic E-state index is 13.0. The first-order chi connectivity index (χ1) is 13.4. The second kappa shape index (κ2) is 9.14. The molecular weight excluding hydrogens is 360 g/mol. The van der Waals surface area contributed by atoms with Crippen molar-refractivity contribution in [3.8, 4) is 11.5 Å². The van der Waals surface area contributed by atoms with E-state index in [1.165, 1.54) is 7.11 Å². The van der Waals surface area contributed by atoms with Crippen molar-refractivity contribution in [1.82, 2.24) is 0 Å². The van der Waals surface area contributed by atoms with E-state index in [4.69, 9.17) is 24.8 Å². The van der Waals surface area contributed by atoms with E-state index in [1.807, 2.05) is 24.3 Å². The third-order valence-corrected chi connectivity index (χ3v) is 3.88. The minimum absolute atomic E-state index is 0.205. The maximum atomic E-state index is 13.0. The number of fused-ring (bicyclic) bond motifs is 1. The van der Waals surface area contributed by atoms with Crippen molar-refractivity contribution in [3.63, 3.8) is 0 Å². The number of ether oxygens (including phenoxy) is 2. The van der Waals surface area contributed by atoms with Gasteiger partial charge < -0.3 is 19.4 Å². The maximum Gasteiger partial charge on any atom is 0.396 e. The molecule has 142 valence electrons. The summed E-state index contributed by atoms with van der Waals surface area (Å²) in [5.41, 5.74) is 0.844. The quantitative estimate of drug-likeness (QED) is 0.509. The van der Waals surface area contributed by atoms with Gasteiger partial charge in [-0.05, 0) is 19.1 Å². The number of diazo groups is 1. The molecule has 0 atom stereocenters. The van der Waals surface area contributed by atoms with Crippen LogP contribution in [0.2, 0.25) is 0 Å². The summed E-state index contributed by atoms with van der Waals surface area (Å²) in [5, 5.41) is 19.7. The predicted molar refractivity (Wildman–Crippen MR) is 102 cm³/mol. The molecule has 0 fully saturated rings. The van der Waals surface area contributed by atoms with Gasteiger partial charge >= 0.3 is 5.69 Å². The Balaban J connectivity index is 0.000000640. The Labute approximate surface area is 161 Å². The number of hydrogen-bond donors (Lipinski definition) is 0. The van der Waals surface area contributed by atoms with Crippen molar-refractivity contribution in [1.29, 1.82) is 5.39 Å². The first kappa shape index (κ1) is 20.4. The largest absolute Gasteiger partial charge is 0.550 e. The van der Waals surface area contributed by atoms with Crippen LogP contribution in [0, 0.1) is 5.39 Å². The summed E-state index contributed by atoms with van der Waals surface area (Å²) in [7, 11) is 3.08. The van der Waals surface area contributed by atoms with Crippen LogP contribution in [0.5, 0.6) is 11.5 Å². The lowest BCUT2D eigenvalue weighted by Crippen LogP contribution is -2.16. The number of carbonyl (C=O) groups excluding carboxylic acids is 2. The number of methoxy groups -OCH3 is 2. The van der Waals surface area contributed by atoms with Crippen LogP contribution in [0.3, 0.4) is 0 Å².